The molecule has 0 unspecified atom stereocenters. The summed E-state index contributed by atoms with van der Waals surface area (Å²) in [6.07, 6.45) is 1.14. The van der Waals surface area contributed by atoms with Crippen molar-refractivity contribution in [2.75, 3.05) is 13.1 Å². The van der Waals surface area contributed by atoms with Crippen molar-refractivity contribution in [1.29, 1.82) is 0 Å². The fourth-order valence-electron chi connectivity index (χ4n) is 4.78. The van der Waals surface area contributed by atoms with Gasteiger partial charge < -0.3 is 32.7 Å². The number of primary amides is 1. The van der Waals surface area contributed by atoms with E-state index >= 15 is 4.39 Å². The topological polar surface area (TPSA) is 186 Å². The van der Waals surface area contributed by atoms with Crippen LogP contribution in [0.15, 0.2) is 30.3 Å². The second kappa shape index (κ2) is 18.2. The van der Waals surface area contributed by atoms with Crippen molar-refractivity contribution in [3.8, 4) is 0 Å². The molecule has 8 N–H and O–H groups in total. The summed E-state index contributed by atoms with van der Waals surface area (Å²) >= 11 is 0. The van der Waals surface area contributed by atoms with Crippen LogP contribution in [0, 0.1) is 17.8 Å². The van der Waals surface area contributed by atoms with Crippen LogP contribution in [0.25, 0.3) is 0 Å². The maximum Gasteiger partial charge on any atom is 0.260 e. The Kier molecular flexibility index (Phi) is 15.9. The minimum atomic E-state index is -2.55. The van der Waals surface area contributed by atoms with Gasteiger partial charge in [0, 0.05) is 37.9 Å². The number of amides is 5. The van der Waals surface area contributed by atoms with Gasteiger partial charge in [0.25, 0.3) is 5.91 Å². The zero-order valence-corrected chi connectivity index (χ0v) is 26.4. The van der Waals surface area contributed by atoms with E-state index in [9.17, 15) is 24.0 Å². The minimum absolute atomic E-state index is 0.0681. The molecule has 0 heterocycles. The first-order valence-corrected chi connectivity index (χ1v) is 15.0. The Morgan fingerprint density at radius 1 is 0.907 bits per heavy atom. The molecule has 0 fully saturated rings. The summed E-state index contributed by atoms with van der Waals surface area (Å²) in [5.41, 5.74) is 8.97. The maximum atomic E-state index is 16.7. The van der Waals surface area contributed by atoms with Crippen molar-refractivity contribution in [2.45, 2.75) is 97.4 Å². The molecule has 0 radical (unpaired) electrons. The lowest BCUT2D eigenvalue weighted by atomic mass is 9.90. The van der Waals surface area contributed by atoms with Gasteiger partial charge in [-0.2, -0.15) is 0 Å². The maximum absolute atomic E-state index is 16.7. The number of carbonyl (C=O) groups excluding carboxylic acids is 5. The number of alkyl halides is 1. The highest BCUT2D eigenvalue weighted by Gasteiger charge is 2.41. The van der Waals surface area contributed by atoms with E-state index in [4.69, 9.17) is 11.5 Å². The predicted octanol–water partition coefficient (Wildman–Crippen LogP) is 1.48. The number of nitrogens with two attached hydrogens (primary N) is 2. The molecule has 12 heteroatoms. The monoisotopic (exact) mass is 606 g/mol. The van der Waals surface area contributed by atoms with Gasteiger partial charge in [-0.05, 0) is 37.8 Å². The summed E-state index contributed by atoms with van der Waals surface area (Å²) in [5, 5.41) is 10.8. The molecular weight excluding hydrogens is 555 g/mol. The molecule has 0 aliphatic heterocycles. The SMILES string of the molecule is CC(=O)N[C@@H](C(C)C)[C@@H](C)C(=O)NC[C@@](F)(Cc1ccccc1)C(=O)N[C@H](CCCCN)CC(=O)N[C@@H](C)[C@@H](C)C(N)=O. The highest BCUT2D eigenvalue weighted by atomic mass is 19.1. The lowest BCUT2D eigenvalue weighted by Gasteiger charge is -2.30. The zero-order valence-electron chi connectivity index (χ0n) is 26.4. The van der Waals surface area contributed by atoms with Gasteiger partial charge >= 0.3 is 0 Å². The Hall–Kier alpha value is -3.54. The van der Waals surface area contributed by atoms with Gasteiger partial charge in [0.15, 0.2) is 0 Å². The van der Waals surface area contributed by atoms with Crippen molar-refractivity contribution >= 4 is 29.5 Å². The molecule has 242 valence electrons. The minimum Gasteiger partial charge on any atom is -0.369 e. The number of unbranched alkanes of at least 4 members (excludes halogenated alkanes) is 1. The Balaban J connectivity index is 3.16. The Morgan fingerprint density at radius 3 is 2.07 bits per heavy atom. The van der Waals surface area contributed by atoms with Crippen LogP contribution in [-0.4, -0.2) is 66.4 Å². The molecule has 0 aliphatic rings. The van der Waals surface area contributed by atoms with Crippen LogP contribution >= 0.6 is 0 Å². The molecule has 0 bridgehead atoms. The van der Waals surface area contributed by atoms with Gasteiger partial charge in [-0.25, -0.2) is 4.39 Å². The van der Waals surface area contributed by atoms with E-state index in [1.54, 1.807) is 51.1 Å². The third-order valence-corrected chi connectivity index (χ3v) is 7.68. The molecule has 11 nitrogen and oxygen atoms in total. The van der Waals surface area contributed by atoms with Crippen molar-refractivity contribution in [1.82, 2.24) is 21.3 Å². The molecule has 0 saturated carbocycles. The van der Waals surface area contributed by atoms with E-state index in [-0.39, 0.29) is 24.7 Å². The van der Waals surface area contributed by atoms with Gasteiger partial charge in [-0.1, -0.05) is 64.4 Å². The van der Waals surface area contributed by atoms with Gasteiger partial charge in [-0.3, -0.25) is 24.0 Å². The molecular formula is C31H51FN6O5. The quantitative estimate of drug-likeness (QED) is 0.130. The average molecular weight is 607 g/mol. The van der Waals surface area contributed by atoms with Gasteiger partial charge in [0.2, 0.25) is 29.3 Å². The van der Waals surface area contributed by atoms with E-state index in [1.165, 1.54) is 6.92 Å². The van der Waals surface area contributed by atoms with E-state index in [0.717, 1.165) is 0 Å². The van der Waals surface area contributed by atoms with Gasteiger partial charge in [-0.15, -0.1) is 0 Å². The molecule has 0 aliphatic carbocycles. The van der Waals surface area contributed by atoms with Crippen molar-refractivity contribution < 1.29 is 28.4 Å². The highest BCUT2D eigenvalue weighted by molar-refractivity contribution is 5.88. The number of benzene rings is 1. The molecule has 0 saturated heterocycles. The second-order valence-electron chi connectivity index (χ2n) is 11.8. The highest BCUT2D eigenvalue weighted by Crippen LogP contribution is 2.21. The van der Waals surface area contributed by atoms with Crippen molar-refractivity contribution in [3.05, 3.63) is 35.9 Å². The number of carbonyl (C=O) groups is 5. The average Bonchev–Trinajstić information content (AvgIpc) is 2.93. The molecule has 6 atom stereocenters. The second-order valence-corrected chi connectivity index (χ2v) is 11.8. The largest absolute Gasteiger partial charge is 0.369 e. The lowest BCUT2D eigenvalue weighted by molar-refractivity contribution is -0.135. The predicted molar refractivity (Wildman–Crippen MR) is 164 cm³/mol. The van der Waals surface area contributed by atoms with Gasteiger partial charge in [0.05, 0.1) is 18.4 Å². The summed E-state index contributed by atoms with van der Waals surface area (Å²) in [6, 6.07) is 6.85. The summed E-state index contributed by atoms with van der Waals surface area (Å²) in [5.74, 6) is -4.10. The first-order valence-electron chi connectivity index (χ1n) is 15.0. The number of hydrogen-bond acceptors (Lipinski definition) is 6. The van der Waals surface area contributed by atoms with Crippen LogP contribution in [0.3, 0.4) is 0 Å². The Morgan fingerprint density at radius 2 is 1.53 bits per heavy atom. The fourth-order valence-corrected chi connectivity index (χ4v) is 4.78. The zero-order chi connectivity index (χ0) is 32.7. The normalized spacial score (nSPS) is 16.1. The van der Waals surface area contributed by atoms with Crippen LogP contribution in [-0.2, 0) is 30.4 Å². The van der Waals surface area contributed by atoms with Gasteiger partial charge in [0.1, 0.15) is 0 Å². The summed E-state index contributed by atoms with van der Waals surface area (Å²) < 4.78 is 16.7. The molecule has 0 aromatic heterocycles. The number of hydrogen-bond donors (Lipinski definition) is 6. The van der Waals surface area contributed by atoms with Crippen LogP contribution in [0.4, 0.5) is 4.39 Å². The Bertz CT molecular complexity index is 1070. The molecule has 0 spiro atoms. The van der Waals surface area contributed by atoms with E-state index in [1.807, 2.05) is 13.8 Å². The summed E-state index contributed by atoms with van der Waals surface area (Å²) in [6.45, 7) is 9.79. The van der Waals surface area contributed by atoms with E-state index in [2.05, 4.69) is 21.3 Å². The molecule has 1 aromatic rings. The van der Waals surface area contributed by atoms with Crippen LogP contribution in [0.2, 0.25) is 0 Å². The smallest absolute Gasteiger partial charge is 0.260 e. The number of halogens is 1. The first kappa shape index (κ1) is 37.5. The summed E-state index contributed by atoms with van der Waals surface area (Å²) in [7, 11) is 0. The van der Waals surface area contributed by atoms with Crippen LogP contribution < -0.4 is 32.7 Å². The Labute approximate surface area is 254 Å². The number of nitrogens with one attached hydrogen (secondary N) is 4. The van der Waals surface area contributed by atoms with E-state index < -0.39 is 65.8 Å². The third kappa shape index (κ3) is 13.1. The molecule has 1 rings (SSSR count). The van der Waals surface area contributed by atoms with Crippen LogP contribution in [0.5, 0.6) is 0 Å². The molecule has 43 heavy (non-hydrogen) atoms. The van der Waals surface area contributed by atoms with Crippen molar-refractivity contribution in [3.63, 3.8) is 0 Å². The van der Waals surface area contributed by atoms with E-state index in [0.29, 0.717) is 31.4 Å². The lowest BCUT2D eigenvalue weighted by Crippen LogP contribution is -2.56. The third-order valence-electron chi connectivity index (χ3n) is 7.68. The molecule has 1 aromatic carbocycles. The van der Waals surface area contributed by atoms with Crippen molar-refractivity contribution in [2.24, 2.45) is 29.2 Å². The van der Waals surface area contributed by atoms with Crippen LogP contribution in [0.1, 0.15) is 72.8 Å². The standard InChI is InChI=1S/C31H51FN6O5/c1-19(2)27(37-23(6)39)21(4)29(42)35-18-31(32,17-24-12-8-7-9-13-24)30(43)38-25(14-10-11-15-33)16-26(40)36-22(5)20(3)28(34)41/h7-9,12-13,19-22,25,27H,10-11,14-18,33H2,1-6H3,(H2,34,41)(H,35,42)(H,36,40)(H,37,39)(H,38,43)/t20-,21-,22+,25-,27+,31+/m1/s1. The summed E-state index contributed by atoms with van der Waals surface area (Å²) in [4.78, 5) is 62.6. The fraction of sp³-hybridized carbons (Fsp3) is 0.645. The number of rotatable bonds is 19. The molecule has 5 amide bonds. The first-order chi connectivity index (χ1) is 20.1.